The average Bonchev–Trinajstić information content (AvgIpc) is 3.58. The second-order valence-electron chi connectivity index (χ2n) is 8.93. The molecular formula is C27H22N2O7. The Bertz CT molecular complexity index is 1370. The fourth-order valence-corrected chi connectivity index (χ4v) is 5.59. The molecule has 3 aliphatic heterocycles. The standard InChI is InChI=1S/C27H22N2O7/c1-34-26(33)27(16-5-3-2-4-6-16)22-21(23(28-27)15-7-10-18(30)11-8-15)24(31)29(25(22)32)17-9-12-19-20(13-17)36-14-35-19/h2-13,21-23,28,30H,14H2,1H3/t21-,22-,23-,27+/m0/s1. The van der Waals surface area contributed by atoms with E-state index in [2.05, 4.69) is 5.32 Å². The number of amides is 2. The minimum atomic E-state index is -1.61. The number of imide groups is 1. The molecule has 0 unspecified atom stereocenters. The van der Waals surface area contributed by atoms with Crippen LogP contribution in [0.15, 0.2) is 72.8 Å². The maximum atomic E-state index is 14.1. The Morgan fingerprint density at radius 2 is 1.72 bits per heavy atom. The van der Waals surface area contributed by atoms with Crippen LogP contribution < -0.4 is 19.7 Å². The fraction of sp³-hybridized carbons (Fsp3) is 0.222. The molecule has 0 aliphatic carbocycles. The van der Waals surface area contributed by atoms with Crippen molar-refractivity contribution < 1.29 is 33.7 Å². The van der Waals surface area contributed by atoms with E-state index < -0.39 is 41.2 Å². The number of nitrogens with zero attached hydrogens (tertiary/aromatic N) is 1. The van der Waals surface area contributed by atoms with Crippen molar-refractivity contribution in [3.8, 4) is 17.2 Å². The maximum Gasteiger partial charge on any atom is 0.331 e. The molecule has 4 atom stereocenters. The number of aromatic hydroxyl groups is 1. The van der Waals surface area contributed by atoms with Gasteiger partial charge >= 0.3 is 5.97 Å². The summed E-state index contributed by atoms with van der Waals surface area (Å²) in [5, 5.41) is 13.1. The molecule has 0 aromatic heterocycles. The number of anilines is 1. The number of phenols is 1. The van der Waals surface area contributed by atoms with E-state index in [1.165, 1.54) is 19.2 Å². The van der Waals surface area contributed by atoms with Crippen molar-refractivity contribution in [3.05, 3.63) is 83.9 Å². The molecule has 9 nitrogen and oxygen atoms in total. The minimum Gasteiger partial charge on any atom is -0.508 e. The van der Waals surface area contributed by atoms with Gasteiger partial charge in [0.2, 0.25) is 18.6 Å². The first-order valence-electron chi connectivity index (χ1n) is 11.4. The average molecular weight is 486 g/mol. The highest BCUT2D eigenvalue weighted by Crippen LogP contribution is 2.54. The van der Waals surface area contributed by atoms with Crippen molar-refractivity contribution in [1.29, 1.82) is 0 Å². The number of rotatable bonds is 4. The zero-order valence-corrected chi connectivity index (χ0v) is 19.2. The van der Waals surface area contributed by atoms with Crippen molar-refractivity contribution in [2.75, 3.05) is 18.8 Å². The summed E-state index contributed by atoms with van der Waals surface area (Å²) < 4.78 is 16.0. The molecular weight excluding hydrogens is 464 g/mol. The number of carbonyl (C=O) groups is 3. The van der Waals surface area contributed by atoms with E-state index >= 15 is 0 Å². The van der Waals surface area contributed by atoms with Gasteiger partial charge in [0.15, 0.2) is 17.0 Å². The van der Waals surface area contributed by atoms with Gasteiger partial charge in [0, 0.05) is 12.1 Å². The van der Waals surface area contributed by atoms with Crippen LogP contribution in [0.5, 0.6) is 17.2 Å². The summed E-state index contributed by atoms with van der Waals surface area (Å²) in [6.45, 7) is 0.0538. The lowest BCUT2D eigenvalue weighted by Crippen LogP contribution is -2.53. The number of hydrogen-bond acceptors (Lipinski definition) is 8. The van der Waals surface area contributed by atoms with Gasteiger partial charge in [-0.1, -0.05) is 42.5 Å². The van der Waals surface area contributed by atoms with Crippen LogP contribution in [-0.2, 0) is 24.7 Å². The summed E-state index contributed by atoms with van der Waals surface area (Å²) in [7, 11) is 1.26. The van der Waals surface area contributed by atoms with Gasteiger partial charge in [-0.05, 0) is 35.4 Å². The Hall–Kier alpha value is -4.37. The lowest BCUT2D eigenvalue weighted by molar-refractivity contribution is -0.152. The summed E-state index contributed by atoms with van der Waals surface area (Å²) >= 11 is 0. The van der Waals surface area contributed by atoms with Crippen molar-refractivity contribution in [2.45, 2.75) is 11.6 Å². The summed E-state index contributed by atoms with van der Waals surface area (Å²) in [5.41, 5.74) is -0.110. The molecule has 3 heterocycles. The van der Waals surface area contributed by atoms with Gasteiger partial charge < -0.3 is 19.3 Å². The van der Waals surface area contributed by atoms with Gasteiger partial charge in [0.05, 0.1) is 24.6 Å². The number of phenolic OH excluding ortho intramolecular Hbond substituents is 1. The van der Waals surface area contributed by atoms with Gasteiger partial charge in [0.1, 0.15) is 5.75 Å². The molecule has 2 N–H and O–H groups in total. The van der Waals surface area contributed by atoms with Gasteiger partial charge in [0.25, 0.3) is 0 Å². The van der Waals surface area contributed by atoms with Gasteiger partial charge in [-0.2, -0.15) is 0 Å². The topological polar surface area (TPSA) is 114 Å². The van der Waals surface area contributed by atoms with E-state index in [0.717, 1.165) is 4.90 Å². The predicted octanol–water partition coefficient (Wildman–Crippen LogP) is 2.64. The molecule has 3 aliphatic rings. The second-order valence-corrected chi connectivity index (χ2v) is 8.93. The first-order chi connectivity index (χ1) is 17.5. The Balaban J connectivity index is 1.53. The highest BCUT2D eigenvalue weighted by Gasteiger charge is 2.69. The number of carbonyl (C=O) groups excluding carboxylic acids is 3. The van der Waals surface area contributed by atoms with E-state index in [1.54, 1.807) is 60.7 Å². The maximum absolute atomic E-state index is 14.1. The quantitative estimate of drug-likeness (QED) is 0.427. The molecule has 36 heavy (non-hydrogen) atoms. The van der Waals surface area contributed by atoms with Gasteiger partial charge in [-0.3, -0.25) is 14.9 Å². The highest BCUT2D eigenvalue weighted by atomic mass is 16.7. The number of esters is 1. The van der Waals surface area contributed by atoms with E-state index in [9.17, 15) is 19.5 Å². The third-order valence-corrected chi connectivity index (χ3v) is 7.16. The van der Waals surface area contributed by atoms with E-state index in [0.29, 0.717) is 28.3 Å². The van der Waals surface area contributed by atoms with Crippen LogP contribution in [0.3, 0.4) is 0 Å². The zero-order chi connectivity index (χ0) is 25.0. The monoisotopic (exact) mass is 486 g/mol. The molecule has 182 valence electrons. The third-order valence-electron chi connectivity index (χ3n) is 7.16. The Morgan fingerprint density at radius 1 is 1.00 bits per heavy atom. The molecule has 2 fully saturated rings. The van der Waals surface area contributed by atoms with Gasteiger partial charge in [-0.25, -0.2) is 9.69 Å². The van der Waals surface area contributed by atoms with E-state index in [-0.39, 0.29) is 12.5 Å². The van der Waals surface area contributed by atoms with Crippen LogP contribution in [-0.4, -0.2) is 36.8 Å². The van der Waals surface area contributed by atoms with Crippen LogP contribution in [0, 0.1) is 11.8 Å². The Morgan fingerprint density at radius 3 is 2.44 bits per heavy atom. The first kappa shape index (κ1) is 22.1. The summed E-state index contributed by atoms with van der Waals surface area (Å²) in [5.74, 6) is -2.61. The third kappa shape index (κ3) is 3.02. The number of methoxy groups -OCH3 is 1. The first-order valence-corrected chi connectivity index (χ1v) is 11.4. The minimum absolute atomic E-state index is 0.0538. The second kappa shape index (κ2) is 8.10. The van der Waals surface area contributed by atoms with Crippen LogP contribution in [0.4, 0.5) is 5.69 Å². The van der Waals surface area contributed by atoms with E-state index in [1.807, 2.05) is 0 Å². The van der Waals surface area contributed by atoms with Crippen molar-refractivity contribution in [3.63, 3.8) is 0 Å². The van der Waals surface area contributed by atoms with Crippen molar-refractivity contribution >= 4 is 23.5 Å². The molecule has 6 rings (SSSR count). The fourth-order valence-electron chi connectivity index (χ4n) is 5.59. The molecule has 9 heteroatoms. The normalized spacial score (nSPS) is 26.2. The van der Waals surface area contributed by atoms with Crippen molar-refractivity contribution in [2.24, 2.45) is 11.8 Å². The lowest BCUT2D eigenvalue weighted by atomic mass is 9.75. The number of ether oxygens (including phenoxy) is 3. The molecule has 3 aromatic carbocycles. The molecule has 0 saturated carbocycles. The van der Waals surface area contributed by atoms with E-state index in [4.69, 9.17) is 14.2 Å². The Kier molecular flexibility index (Phi) is 4.97. The summed E-state index contributed by atoms with van der Waals surface area (Å²) in [6.07, 6.45) is 0. The molecule has 2 saturated heterocycles. The SMILES string of the molecule is COC(=O)[C@]1(c2ccccc2)N[C@@H](c2ccc(O)cc2)[C@H]2C(=O)N(c3ccc4c(c3)OCO4)C(=O)[C@H]21. The summed E-state index contributed by atoms with van der Waals surface area (Å²) in [6, 6.07) is 19.3. The zero-order valence-electron chi connectivity index (χ0n) is 19.2. The Labute approximate surface area is 206 Å². The van der Waals surface area contributed by atoms with Crippen LogP contribution in [0.25, 0.3) is 0 Å². The van der Waals surface area contributed by atoms with Crippen LogP contribution >= 0.6 is 0 Å². The van der Waals surface area contributed by atoms with Gasteiger partial charge in [-0.15, -0.1) is 0 Å². The smallest absolute Gasteiger partial charge is 0.331 e. The molecule has 3 aromatic rings. The number of benzene rings is 3. The lowest BCUT2D eigenvalue weighted by Gasteiger charge is -2.33. The molecule has 0 spiro atoms. The molecule has 0 radical (unpaired) electrons. The van der Waals surface area contributed by atoms with Crippen LogP contribution in [0.2, 0.25) is 0 Å². The number of fused-ring (bicyclic) bond motifs is 2. The van der Waals surface area contributed by atoms with Crippen LogP contribution in [0.1, 0.15) is 17.2 Å². The number of hydrogen-bond donors (Lipinski definition) is 2. The highest BCUT2D eigenvalue weighted by molar-refractivity contribution is 6.24. The van der Waals surface area contributed by atoms with Crippen molar-refractivity contribution in [1.82, 2.24) is 5.32 Å². The number of nitrogens with one attached hydrogen (secondary N) is 1. The molecule has 0 bridgehead atoms. The predicted molar refractivity (Wildman–Crippen MR) is 126 cm³/mol. The largest absolute Gasteiger partial charge is 0.508 e. The summed E-state index contributed by atoms with van der Waals surface area (Å²) in [4.78, 5) is 42.7. The molecule has 2 amide bonds.